The van der Waals surface area contributed by atoms with Gasteiger partial charge in [0, 0.05) is 37.0 Å². The Morgan fingerprint density at radius 3 is 1.79 bits per heavy atom. The van der Waals surface area contributed by atoms with Crippen molar-refractivity contribution in [3.05, 3.63) is 36.7 Å². The Morgan fingerprint density at radius 2 is 1.32 bits per heavy atom. The van der Waals surface area contributed by atoms with Crippen LogP contribution in [0.5, 0.6) is 11.5 Å². The second-order valence-corrected chi connectivity index (χ2v) is 5.06. The summed E-state index contributed by atoms with van der Waals surface area (Å²) in [5.41, 5.74) is 1.65. The number of nitrogens with zero attached hydrogens (tertiary/aromatic N) is 2. The highest BCUT2D eigenvalue weighted by atomic mass is 16.7. The molecule has 0 N–H and O–H groups in total. The smallest absolute Gasteiger partial charge is 0.246 e. The molecule has 0 radical (unpaired) electrons. The molecule has 4 heteroatoms. The predicted molar refractivity (Wildman–Crippen MR) is 72.4 cm³/mol. The van der Waals surface area contributed by atoms with Crippen LogP contribution in [-0.2, 0) is 0 Å². The van der Waals surface area contributed by atoms with Crippen LogP contribution in [0.4, 0.5) is 0 Å². The highest BCUT2D eigenvalue weighted by Crippen LogP contribution is 2.48. The van der Waals surface area contributed by atoms with Gasteiger partial charge in [-0.25, -0.2) is 0 Å². The lowest BCUT2D eigenvalue weighted by atomic mass is 10.1. The number of fused-ring (bicyclic) bond motifs is 6. The number of rotatable bonds is 0. The molecule has 0 fully saturated rings. The Balaban J connectivity index is 2.24. The molecule has 0 amide bonds. The van der Waals surface area contributed by atoms with E-state index >= 15 is 0 Å². The average Bonchev–Trinajstić information content (AvgIpc) is 2.75. The van der Waals surface area contributed by atoms with Crippen LogP contribution in [0.2, 0.25) is 0 Å². The summed E-state index contributed by atoms with van der Waals surface area (Å²) in [4.78, 5) is 8.87. The molecule has 4 rings (SSSR count). The standard InChI is InChI=1S/C15H12N2O2/c1-15(2)18-13-11-9(5-3-7-16-11)10-6-4-8-17-12(10)14(13)19-15/h3-8H,1-2H3. The molecule has 3 aromatic rings. The molecule has 0 unspecified atom stereocenters. The third-order valence-corrected chi connectivity index (χ3v) is 3.24. The molecule has 0 saturated heterocycles. The summed E-state index contributed by atoms with van der Waals surface area (Å²) in [6.45, 7) is 3.77. The molecule has 2 aromatic heterocycles. The maximum atomic E-state index is 5.89. The van der Waals surface area contributed by atoms with Gasteiger partial charge in [-0.1, -0.05) is 12.1 Å². The fourth-order valence-corrected chi connectivity index (χ4v) is 2.52. The van der Waals surface area contributed by atoms with Gasteiger partial charge in [0.05, 0.1) is 0 Å². The van der Waals surface area contributed by atoms with Crippen LogP contribution in [0, 0.1) is 0 Å². The van der Waals surface area contributed by atoms with Crippen molar-refractivity contribution in [2.24, 2.45) is 0 Å². The highest BCUT2D eigenvalue weighted by molar-refractivity contribution is 6.11. The van der Waals surface area contributed by atoms with Crippen molar-refractivity contribution in [3.8, 4) is 11.5 Å². The fraction of sp³-hybridized carbons (Fsp3) is 0.200. The van der Waals surface area contributed by atoms with Gasteiger partial charge in [0.25, 0.3) is 0 Å². The highest BCUT2D eigenvalue weighted by Gasteiger charge is 2.36. The zero-order valence-corrected chi connectivity index (χ0v) is 10.7. The Hall–Kier alpha value is -2.36. The van der Waals surface area contributed by atoms with Crippen LogP contribution in [-0.4, -0.2) is 15.8 Å². The molecule has 3 heterocycles. The second-order valence-electron chi connectivity index (χ2n) is 5.06. The summed E-state index contributed by atoms with van der Waals surface area (Å²) in [5.74, 6) is 0.692. The minimum atomic E-state index is -0.682. The van der Waals surface area contributed by atoms with Crippen molar-refractivity contribution in [1.82, 2.24) is 9.97 Å². The van der Waals surface area contributed by atoms with Crippen molar-refractivity contribution in [2.45, 2.75) is 19.6 Å². The first-order chi connectivity index (χ1) is 9.16. The van der Waals surface area contributed by atoms with Crippen LogP contribution in [0.15, 0.2) is 36.7 Å². The topological polar surface area (TPSA) is 44.2 Å². The normalized spacial score (nSPS) is 16.1. The molecule has 1 aromatic carbocycles. The Kier molecular flexibility index (Phi) is 1.86. The first-order valence-electron chi connectivity index (χ1n) is 6.19. The van der Waals surface area contributed by atoms with Crippen LogP contribution in [0.25, 0.3) is 21.8 Å². The van der Waals surface area contributed by atoms with E-state index in [0.29, 0.717) is 11.5 Å². The monoisotopic (exact) mass is 252 g/mol. The maximum absolute atomic E-state index is 5.89. The summed E-state index contributed by atoms with van der Waals surface area (Å²) in [5, 5.41) is 2.07. The van der Waals surface area contributed by atoms with Crippen molar-refractivity contribution in [1.29, 1.82) is 0 Å². The van der Waals surface area contributed by atoms with Gasteiger partial charge in [0.1, 0.15) is 11.0 Å². The molecule has 0 atom stereocenters. The van der Waals surface area contributed by atoms with E-state index in [1.807, 2.05) is 38.1 Å². The van der Waals surface area contributed by atoms with Gasteiger partial charge >= 0.3 is 0 Å². The van der Waals surface area contributed by atoms with Gasteiger partial charge in [-0.15, -0.1) is 0 Å². The van der Waals surface area contributed by atoms with E-state index in [4.69, 9.17) is 9.47 Å². The Morgan fingerprint density at radius 1 is 0.842 bits per heavy atom. The Bertz CT molecular complexity index is 745. The summed E-state index contributed by atoms with van der Waals surface area (Å²) in [7, 11) is 0. The van der Waals surface area contributed by atoms with E-state index < -0.39 is 5.79 Å². The first-order valence-corrected chi connectivity index (χ1v) is 6.19. The first kappa shape index (κ1) is 10.6. The molecule has 0 saturated carbocycles. The molecule has 1 aliphatic heterocycles. The fourth-order valence-electron chi connectivity index (χ4n) is 2.52. The zero-order chi connectivity index (χ0) is 13.0. The number of pyridine rings is 2. The number of hydrogen-bond donors (Lipinski definition) is 0. The van der Waals surface area contributed by atoms with E-state index in [1.165, 1.54) is 0 Å². The summed E-state index contributed by atoms with van der Waals surface area (Å²) >= 11 is 0. The molecule has 0 aliphatic carbocycles. The van der Waals surface area contributed by atoms with E-state index in [2.05, 4.69) is 9.97 Å². The molecule has 19 heavy (non-hydrogen) atoms. The SMILES string of the molecule is CC1(C)Oc2c(c3ncccc3c3cccnc23)O1. The van der Waals surface area contributed by atoms with Crippen LogP contribution >= 0.6 is 0 Å². The van der Waals surface area contributed by atoms with Crippen LogP contribution < -0.4 is 9.47 Å². The lowest BCUT2D eigenvalue weighted by molar-refractivity contribution is -0.0421. The lowest BCUT2D eigenvalue weighted by Gasteiger charge is -2.16. The van der Waals surface area contributed by atoms with Crippen LogP contribution in [0.1, 0.15) is 13.8 Å². The van der Waals surface area contributed by atoms with E-state index in [0.717, 1.165) is 21.8 Å². The predicted octanol–water partition coefficient (Wildman–Crippen LogP) is 3.29. The van der Waals surface area contributed by atoms with Gasteiger partial charge in [0.15, 0.2) is 11.5 Å². The van der Waals surface area contributed by atoms with Gasteiger partial charge in [-0.2, -0.15) is 0 Å². The van der Waals surface area contributed by atoms with E-state index in [9.17, 15) is 0 Å². The minimum absolute atomic E-state index is 0.682. The number of hydrogen-bond acceptors (Lipinski definition) is 4. The Labute approximate surface area is 110 Å². The molecule has 4 nitrogen and oxygen atoms in total. The number of benzene rings is 1. The van der Waals surface area contributed by atoms with Crippen molar-refractivity contribution < 1.29 is 9.47 Å². The van der Waals surface area contributed by atoms with Crippen molar-refractivity contribution in [2.75, 3.05) is 0 Å². The summed E-state index contributed by atoms with van der Waals surface area (Å²) in [6, 6.07) is 7.90. The molecule has 0 bridgehead atoms. The number of ether oxygens (including phenoxy) is 2. The zero-order valence-electron chi connectivity index (χ0n) is 10.7. The van der Waals surface area contributed by atoms with Gasteiger partial charge in [0.2, 0.25) is 5.79 Å². The van der Waals surface area contributed by atoms with Gasteiger partial charge in [-0.3, -0.25) is 9.97 Å². The minimum Gasteiger partial charge on any atom is -0.447 e. The average molecular weight is 252 g/mol. The van der Waals surface area contributed by atoms with Crippen LogP contribution in [0.3, 0.4) is 0 Å². The molecular formula is C15H12N2O2. The second kappa shape index (κ2) is 3.35. The van der Waals surface area contributed by atoms with Gasteiger partial charge < -0.3 is 9.47 Å². The van der Waals surface area contributed by atoms with Crippen molar-refractivity contribution >= 4 is 21.8 Å². The molecule has 1 aliphatic rings. The molecular weight excluding hydrogens is 240 g/mol. The quantitative estimate of drug-likeness (QED) is 0.576. The van der Waals surface area contributed by atoms with Crippen molar-refractivity contribution in [3.63, 3.8) is 0 Å². The van der Waals surface area contributed by atoms with E-state index in [-0.39, 0.29) is 0 Å². The van der Waals surface area contributed by atoms with Gasteiger partial charge in [-0.05, 0) is 12.1 Å². The largest absolute Gasteiger partial charge is 0.447 e. The summed E-state index contributed by atoms with van der Waals surface area (Å²) < 4.78 is 11.8. The number of aromatic nitrogens is 2. The summed E-state index contributed by atoms with van der Waals surface area (Å²) in [6.07, 6.45) is 3.53. The third kappa shape index (κ3) is 1.40. The lowest BCUT2D eigenvalue weighted by Crippen LogP contribution is -2.29. The maximum Gasteiger partial charge on any atom is 0.246 e. The molecule has 94 valence electrons. The molecule has 0 spiro atoms. The third-order valence-electron chi connectivity index (χ3n) is 3.24. The van der Waals surface area contributed by atoms with E-state index in [1.54, 1.807) is 12.4 Å².